The number of piperidine rings is 1. The number of carbonyl (C=O) groups excluding carboxylic acids is 1. The molecule has 5 heterocycles. The number of hydrogen-bond acceptors (Lipinski definition) is 10. The Kier molecular flexibility index (Phi) is 10.3. The third-order valence-corrected chi connectivity index (χ3v) is 8.73. The van der Waals surface area contributed by atoms with E-state index in [2.05, 4.69) is 26.9 Å². The normalized spacial score (nSPS) is 19.3. The van der Waals surface area contributed by atoms with E-state index in [1.54, 1.807) is 29.2 Å². The summed E-state index contributed by atoms with van der Waals surface area (Å²) in [5.74, 6) is -2.29. The molecule has 2 aliphatic rings. The van der Waals surface area contributed by atoms with E-state index in [9.17, 15) is 13.6 Å². The van der Waals surface area contributed by atoms with Crippen LogP contribution in [0.3, 0.4) is 0 Å². The number of likely N-dealkylation sites (tertiary alicyclic amines) is 1. The maximum atomic E-state index is 14.1. The van der Waals surface area contributed by atoms with Crippen molar-refractivity contribution in [3.8, 4) is 23.0 Å². The molecule has 248 valence electrons. The number of methoxy groups -OCH3 is 1. The van der Waals surface area contributed by atoms with Crippen molar-refractivity contribution in [1.82, 2.24) is 34.7 Å². The second-order valence-corrected chi connectivity index (χ2v) is 12.2. The number of nitrogens with zero attached hydrogens (tertiary/aromatic N) is 7. The summed E-state index contributed by atoms with van der Waals surface area (Å²) in [7, 11) is 3.69. The van der Waals surface area contributed by atoms with Crippen molar-refractivity contribution in [1.29, 1.82) is 0 Å². The van der Waals surface area contributed by atoms with Gasteiger partial charge in [-0.25, -0.2) is 14.6 Å². The summed E-state index contributed by atoms with van der Waals surface area (Å²) in [6.07, 6.45) is 4.84. The molecule has 0 bridgehead atoms. The van der Waals surface area contributed by atoms with Crippen LogP contribution in [0.15, 0.2) is 54.9 Å². The van der Waals surface area contributed by atoms with Gasteiger partial charge < -0.3 is 14.4 Å². The minimum atomic E-state index is -0.940. The molecule has 0 N–H and O–H groups in total. The second-order valence-electron chi connectivity index (χ2n) is 12.2. The summed E-state index contributed by atoms with van der Waals surface area (Å²) in [6.45, 7) is 5.13. The van der Waals surface area contributed by atoms with E-state index in [1.807, 2.05) is 37.3 Å². The zero-order valence-corrected chi connectivity index (χ0v) is 26.8. The van der Waals surface area contributed by atoms with Gasteiger partial charge in [-0.15, -0.1) is 0 Å². The molecule has 0 spiro atoms. The van der Waals surface area contributed by atoms with E-state index in [1.165, 1.54) is 0 Å². The predicted octanol–water partition coefficient (Wildman–Crippen LogP) is 4.54. The Hall–Kier alpha value is -4.17. The first kappa shape index (κ1) is 32.8. The fraction of sp³-hybridized carbons (Fsp3) is 0.441. The van der Waals surface area contributed by atoms with Gasteiger partial charge in [-0.05, 0) is 62.2 Å². The number of carbonyl (C=O) groups is 1. The van der Waals surface area contributed by atoms with Crippen LogP contribution in [0.2, 0.25) is 0 Å². The van der Waals surface area contributed by atoms with E-state index in [4.69, 9.17) is 19.4 Å². The molecule has 2 aliphatic heterocycles. The predicted molar refractivity (Wildman–Crippen MR) is 169 cm³/mol. The fourth-order valence-electron chi connectivity index (χ4n) is 6.23. The molecule has 4 aromatic rings. The first-order valence-corrected chi connectivity index (χ1v) is 15.8. The van der Waals surface area contributed by atoms with E-state index < -0.39 is 18.0 Å². The van der Waals surface area contributed by atoms with Gasteiger partial charge >= 0.3 is 6.01 Å². The molecule has 47 heavy (non-hydrogen) atoms. The lowest BCUT2D eigenvalue weighted by Crippen LogP contribution is -2.35. The van der Waals surface area contributed by atoms with E-state index in [0.29, 0.717) is 42.5 Å². The quantitative estimate of drug-likeness (QED) is 0.204. The summed E-state index contributed by atoms with van der Waals surface area (Å²) >= 11 is 0. The molecule has 0 amide bonds. The van der Waals surface area contributed by atoms with Gasteiger partial charge in [0, 0.05) is 70.0 Å². The highest BCUT2D eigenvalue weighted by Crippen LogP contribution is 2.37. The number of ether oxygens (including phenoxy) is 2. The largest absolute Gasteiger partial charge is 0.460 e. The molecule has 0 radical (unpaired) electrons. The summed E-state index contributed by atoms with van der Waals surface area (Å²) in [6, 6.07) is 12.2. The number of rotatable bonds is 12. The maximum absolute atomic E-state index is 14.1. The highest BCUT2D eigenvalue weighted by Gasteiger charge is 2.37. The Morgan fingerprint density at radius 2 is 1.77 bits per heavy atom. The van der Waals surface area contributed by atoms with Crippen molar-refractivity contribution < 1.29 is 27.9 Å². The Morgan fingerprint density at radius 3 is 2.45 bits per heavy atom. The van der Waals surface area contributed by atoms with Gasteiger partial charge in [0.15, 0.2) is 0 Å². The molecule has 13 heteroatoms. The topological polar surface area (TPSA) is 108 Å². The van der Waals surface area contributed by atoms with Crippen LogP contribution in [0.5, 0.6) is 6.01 Å². The summed E-state index contributed by atoms with van der Waals surface area (Å²) in [5.41, 5.74) is 4.04. The third kappa shape index (κ3) is 7.87. The molecule has 2 atom stereocenters. The number of hydrogen-bond donors (Lipinski definition) is 0. The first-order valence-electron chi connectivity index (χ1n) is 15.8. The van der Waals surface area contributed by atoms with E-state index in [0.717, 1.165) is 55.0 Å². The molecule has 6 rings (SSSR count). The fourth-order valence-corrected chi connectivity index (χ4v) is 6.23. The lowest BCUT2D eigenvalue weighted by molar-refractivity contribution is -0.155. The van der Waals surface area contributed by atoms with Gasteiger partial charge in [-0.3, -0.25) is 9.63 Å². The number of pyridine rings is 1. The molecule has 0 saturated carbocycles. The van der Waals surface area contributed by atoms with Crippen LogP contribution >= 0.6 is 0 Å². The minimum absolute atomic E-state index is 0.0583. The SMILES string of the molecule is COCCN1C[C@@H](CC(=O)Cc2c(C)c(-c3cnc(OC4CCN(C)CC4)nc3)nn2-c2ccccc2)[C@H](c2cc(F)nc(F)c2)O1. The molecule has 3 aromatic heterocycles. The van der Waals surface area contributed by atoms with Gasteiger partial charge in [-0.2, -0.15) is 23.9 Å². The zero-order valence-electron chi connectivity index (χ0n) is 26.8. The molecule has 2 fully saturated rings. The van der Waals surface area contributed by atoms with Crippen molar-refractivity contribution in [3.05, 3.63) is 83.6 Å². The van der Waals surface area contributed by atoms with Crippen molar-refractivity contribution in [2.75, 3.05) is 46.9 Å². The molecule has 0 aliphatic carbocycles. The standard InChI is InChI=1S/C34H39F2N7O4/c1-22-29(18-27(44)15-24-21-42(13-14-45-3)47-33(24)23-16-30(35)39-31(36)17-23)43(26-7-5-4-6-8-26)40-32(22)25-19-37-34(38-20-25)46-28-9-11-41(2)12-10-28/h4-8,16-17,19-20,24,28,33H,9-15,18,21H2,1-3H3/t24-,33+/m1/s1. The molecular formula is C34H39F2N7O4. The average molecular weight is 648 g/mol. The van der Waals surface area contributed by atoms with E-state index >= 15 is 0 Å². The monoisotopic (exact) mass is 647 g/mol. The van der Waals surface area contributed by atoms with Crippen LogP contribution in [0.1, 0.15) is 42.2 Å². The Balaban J connectivity index is 1.23. The number of para-hydroxylation sites is 1. The van der Waals surface area contributed by atoms with Crippen molar-refractivity contribution in [3.63, 3.8) is 0 Å². The zero-order chi connectivity index (χ0) is 32.9. The van der Waals surface area contributed by atoms with Crippen LogP contribution in [0, 0.1) is 24.7 Å². The van der Waals surface area contributed by atoms with Crippen molar-refractivity contribution >= 4 is 5.78 Å². The van der Waals surface area contributed by atoms with Gasteiger partial charge in [0.05, 0.1) is 23.7 Å². The maximum Gasteiger partial charge on any atom is 0.316 e. The Bertz CT molecular complexity index is 1640. The molecule has 11 nitrogen and oxygen atoms in total. The van der Waals surface area contributed by atoms with Crippen LogP contribution in [0.25, 0.3) is 16.9 Å². The molecule has 1 aromatic carbocycles. The number of halogens is 2. The number of aromatic nitrogens is 5. The van der Waals surface area contributed by atoms with Crippen LogP contribution in [-0.4, -0.2) is 93.5 Å². The smallest absolute Gasteiger partial charge is 0.316 e. The van der Waals surface area contributed by atoms with Gasteiger partial charge in [0.25, 0.3) is 0 Å². The number of ketones is 1. The summed E-state index contributed by atoms with van der Waals surface area (Å²) < 4.78 is 41.1. The van der Waals surface area contributed by atoms with Crippen LogP contribution < -0.4 is 4.74 Å². The summed E-state index contributed by atoms with van der Waals surface area (Å²) in [5, 5.41) is 6.60. The minimum Gasteiger partial charge on any atom is -0.460 e. The number of benzene rings is 1. The lowest BCUT2D eigenvalue weighted by Gasteiger charge is -2.28. The number of hydroxylamine groups is 2. The Labute approximate surface area is 272 Å². The van der Waals surface area contributed by atoms with E-state index in [-0.39, 0.29) is 30.6 Å². The molecule has 0 unspecified atom stereocenters. The van der Waals surface area contributed by atoms with Gasteiger partial charge in [0.2, 0.25) is 11.9 Å². The lowest BCUT2D eigenvalue weighted by atomic mass is 9.90. The third-order valence-electron chi connectivity index (χ3n) is 8.73. The molecule has 2 saturated heterocycles. The highest BCUT2D eigenvalue weighted by molar-refractivity contribution is 5.82. The van der Waals surface area contributed by atoms with Crippen LogP contribution in [0.4, 0.5) is 8.78 Å². The first-order chi connectivity index (χ1) is 22.8. The van der Waals surface area contributed by atoms with Crippen molar-refractivity contribution in [2.45, 2.75) is 44.8 Å². The molecular weight excluding hydrogens is 608 g/mol. The van der Waals surface area contributed by atoms with Crippen LogP contribution in [-0.2, 0) is 20.8 Å². The second kappa shape index (κ2) is 14.7. The average Bonchev–Trinajstić information content (AvgIpc) is 3.61. The van der Waals surface area contributed by atoms with Gasteiger partial charge in [0.1, 0.15) is 18.0 Å². The van der Waals surface area contributed by atoms with Crippen molar-refractivity contribution in [2.24, 2.45) is 5.92 Å². The highest BCUT2D eigenvalue weighted by atomic mass is 19.1. The number of Topliss-reactive ketones (excluding diaryl/α,β-unsaturated/α-hetero) is 1. The summed E-state index contributed by atoms with van der Waals surface area (Å²) in [4.78, 5) is 34.3. The Morgan fingerprint density at radius 1 is 1.06 bits per heavy atom. The van der Waals surface area contributed by atoms with Gasteiger partial charge in [-0.1, -0.05) is 18.2 Å².